The molecule has 2 aromatic heterocycles. The van der Waals surface area contributed by atoms with E-state index in [9.17, 15) is 9.90 Å². The second kappa shape index (κ2) is 6.47. The quantitative estimate of drug-likeness (QED) is 0.768. The topological polar surface area (TPSA) is 69.2 Å². The Hall–Kier alpha value is -2.02. The summed E-state index contributed by atoms with van der Waals surface area (Å²) >= 11 is 1.55. The van der Waals surface area contributed by atoms with Gasteiger partial charge in [0.15, 0.2) is 0 Å². The van der Waals surface area contributed by atoms with Crippen molar-refractivity contribution in [2.75, 3.05) is 13.1 Å². The largest absolute Gasteiger partial charge is 0.393 e. The summed E-state index contributed by atoms with van der Waals surface area (Å²) < 4.78 is 0. The molecular formula is C18H19N3O2S. The first-order valence-electron chi connectivity index (χ1n) is 8.17. The maximum atomic E-state index is 12.4. The number of aromatic amines is 1. The zero-order valence-corrected chi connectivity index (χ0v) is 14.1. The summed E-state index contributed by atoms with van der Waals surface area (Å²) in [5, 5.41) is 10.2. The van der Waals surface area contributed by atoms with Crippen molar-refractivity contribution in [2.45, 2.75) is 25.5 Å². The number of nitrogens with one attached hydrogen (secondary N) is 1. The highest BCUT2D eigenvalue weighted by Crippen LogP contribution is 2.30. The first-order chi connectivity index (χ1) is 11.7. The van der Waals surface area contributed by atoms with Crippen LogP contribution in [0.4, 0.5) is 0 Å². The molecule has 4 rings (SSSR count). The van der Waals surface area contributed by atoms with Crippen molar-refractivity contribution in [3.05, 3.63) is 52.6 Å². The minimum atomic E-state index is -0.193. The lowest BCUT2D eigenvalue weighted by Crippen LogP contribution is -2.36. The molecule has 6 heteroatoms. The van der Waals surface area contributed by atoms with E-state index in [1.165, 1.54) is 0 Å². The van der Waals surface area contributed by atoms with Crippen LogP contribution < -0.4 is 5.56 Å². The van der Waals surface area contributed by atoms with Crippen LogP contribution in [0.25, 0.3) is 20.7 Å². The van der Waals surface area contributed by atoms with Gasteiger partial charge in [-0.1, -0.05) is 30.3 Å². The third-order valence-electron chi connectivity index (χ3n) is 4.44. The average Bonchev–Trinajstić information content (AvgIpc) is 3.03. The fourth-order valence-corrected chi connectivity index (χ4v) is 4.14. The zero-order valence-electron chi connectivity index (χ0n) is 13.2. The van der Waals surface area contributed by atoms with Gasteiger partial charge in [-0.05, 0) is 24.5 Å². The van der Waals surface area contributed by atoms with Crippen molar-refractivity contribution in [1.82, 2.24) is 14.9 Å². The van der Waals surface area contributed by atoms with Crippen LogP contribution in [0, 0.1) is 0 Å². The average molecular weight is 341 g/mol. The Morgan fingerprint density at radius 2 is 2.00 bits per heavy atom. The van der Waals surface area contributed by atoms with Crippen LogP contribution in [-0.2, 0) is 6.54 Å². The Labute approximate surface area is 143 Å². The number of nitrogens with zero attached hydrogens (tertiary/aromatic N) is 2. The lowest BCUT2D eigenvalue weighted by molar-refractivity contribution is 0.0780. The molecule has 3 heterocycles. The molecule has 0 saturated carbocycles. The molecule has 24 heavy (non-hydrogen) atoms. The number of H-pyrrole nitrogens is 1. The maximum Gasteiger partial charge on any atom is 0.259 e. The fourth-order valence-electron chi connectivity index (χ4n) is 3.08. The maximum absolute atomic E-state index is 12.4. The second-order valence-electron chi connectivity index (χ2n) is 6.22. The van der Waals surface area contributed by atoms with Crippen LogP contribution >= 0.6 is 11.3 Å². The van der Waals surface area contributed by atoms with Crippen molar-refractivity contribution in [2.24, 2.45) is 0 Å². The van der Waals surface area contributed by atoms with Crippen molar-refractivity contribution in [3.8, 4) is 10.4 Å². The van der Waals surface area contributed by atoms with Gasteiger partial charge in [0.25, 0.3) is 5.56 Å². The summed E-state index contributed by atoms with van der Waals surface area (Å²) in [5.41, 5.74) is 1.02. The Bertz CT molecular complexity index is 896. The zero-order chi connectivity index (χ0) is 16.5. The molecule has 0 amide bonds. The van der Waals surface area contributed by atoms with E-state index < -0.39 is 0 Å². The predicted molar refractivity (Wildman–Crippen MR) is 96.2 cm³/mol. The van der Waals surface area contributed by atoms with Crippen molar-refractivity contribution >= 4 is 21.6 Å². The molecule has 124 valence electrons. The van der Waals surface area contributed by atoms with Gasteiger partial charge in [-0.15, -0.1) is 11.3 Å². The van der Waals surface area contributed by atoms with E-state index in [4.69, 9.17) is 0 Å². The number of thiophene rings is 1. The van der Waals surface area contributed by atoms with Crippen LogP contribution in [0.15, 0.2) is 41.2 Å². The van der Waals surface area contributed by atoms with Crippen LogP contribution in [0.5, 0.6) is 0 Å². The number of benzene rings is 1. The molecule has 5 nitrogen and oxygen atoms in total. The molecule has 0 spiro atoms. The normalized spacial score (nSPS) is 16.7. The summed E-state index contributed by atoms with van der Waals surface area (Å²) in [7, 11) is 0. The third-order valence-corrected chi connectivity index (χ3v) is 5.52. The molecule has 1 aliphatic heterocycles. The fraction of sp³-hybridized carbons (Fsp3) is 0.333. The third kappa shape index (κ3) is 3.13. The first kappa shape index (κ1) is 15.5. The van der Waals surface area contributed by atoms with Gasteiger partial charge < -0.3 is 10.1 Å². The number of aliphatic hydroxyl groups is 1. The van der Waals surface area contributed by atoms with Gasteiger partial charge in [0, 0.05) is 18.0 Å². The van der Waals surface area contributed by atoms with E-state index in [1.807, 2.05) is 36.4 Å². The van der Waals surface area contributed by atoms with Crippen LogP contribution in [0.2, 0.25) is 0 Å². The van der Waals surface area contributed by atoms with Gasteiger partial charge in [0.05, 0.1) is 18.0 Å². The molecule has 0 atom stereocenters. The Balaban J connectivity index is 1.63. The van der Waals surface area contributed by atoms with Crippen molar-refractivity contribution in [3.63, 3.8) is 0 Å². The molecule has 3 aromatic rings. The van der Waals surface area contributed by atoms with Crippen molar-refractivity contribution in [1.29, 1.82) is 0 Å². The lowest BCUT2D eigenvalue weighted by atomic mass is 10.1. The van der Waals surface area contributed by atoms with Gasteiger partial charge in [0.2, 0.25) is 0 Å². The minimum absolute atomic E-state index is 0.0783. The van der Waals surface area contributed by atoms with Crippen LogP contribution in [0.1, 0.15) is 18.7 Å². The highest BCUT2D eigenvalue weighted by atomic mass is 32.1. The molecule has 0 radical (unpaired) electrons. The van der Waals surface area contributed by atoms with Gasteiger partial charge in [-0.2, -0.15) is 0 Å². The molecule has 1 aromatic carbocycles. The smallest absolute Gasteiger partial charge is 0.259 e. The summed E-state index contributed by atoms with van der Waals surface area (Å²) in [6.45, 7) is 2.29. The summed E-state index contributed by atoms with van der Waals surface area (Å²) in [6.07, 6.45) is 1.37. The second-order valence-corrected chi connectivity index (χ2v) is 7.25. The molecular weight excluding hydrogens is 322 g/mol. The molecule has 1 saturated heterocycles. The van der Waals surface area contributed by atoms with Crippen molar-refractivity contribution < 1.29 is 5.11 Å². The van der Waals surface area contributed by atoms with E-state index in [2.05, 4.69) is 14.9 Å². The Kier molecular flexibility index (Phi) is 4.18. The molecule has 2 N–H and O–H groups in total. The summed E-state index contributed by atoms with van der Waals surface area (Å²) in [5.74, 6) is 0.699. The predicted octanol–water partition coefficient (Wildman–Crippen LogP) is 2.61. The monoisotopic (exact) mass is 341 g/mol. The summed E-state index contributed by atoms with van der Waals surface area (Å²) in [4.78, 5) is 24.0. The summed E-state index contributed by atoms with van der Waals surface area (Å²) in [6, 6.07) is 12.0. The number of hydrogen-bond donors (Lipinski definition) is 2. The van der Waals surface area contributed by atoms with E-state index in [-0.39, 0.29) is 11.7 Å². The van der Waals surface area contributed by atoms with Gasteiger partial charge >= 0.3 is 0 Å². The highest BCUT2D eigenvalue weighted by molar-refractivity contribution is 7.21. The molecule has 0 bridgehead atoms. The number of fused-ring (bicyclic) bond motifs is 1. The minimum Gasteiger partial charge on any atom is -0.393 e. The SMILES string of the molecule is O=c1[nH]c(CN2CCC(O)CC2)nc2sc(-c3ccccc3)cc12. The first-order valence-corrected chi connectivity index (χ1v) is 8.99. The van der Waals surface area contributed by atoms with Crippen LogP contribution in [0.3, 0.4) is 0 Å². The van der Waals surface area contributed by atoms with Crippen LogP contribution in [-0.4, -0.2) is 39.2 Å². The molecule has 1 fully saturated rings. The standard InChI is InChI=1S/C18H19N3O2S/c22-13-6-8-21(9-7-13)11-16-19-17(23)14-10-15(24-18(14)20-16)12-4-2-1-3-5-12/h1-5,10,13,22H,6-9,11H2,(H,19,20,23). The molecule has 0 aliphatic carbocycles. The van der Waals surface area contributed by atoms with Gasteiger partial charge in [-0.3, -0.25) is 9.69 Å². The molecule has 0 unspecified atom stereocenters. The number of hydrogen-bond acceptors (Lipinski definition) is 5. The van der Waals surface area contributed by atoms with Gasteiger partial charge in [0.1, 0.15) is 10.7 Å². The van der Waals surface area contributed by atoms with Gasteiger partial charge in [-0.25, -0.2) is 4.98 Å². The number of aliphatic hydroxyl groups excluding tert-OH is 1. The van der Waals surface area contributed by atoms with E-state index in [1.54, 1.807) is 11.3 Å². The van der Waals surface area contributed by atoms with E-state index in [0.717, 1.165) is 41.2 Å². The van der Waals surface area contributed by atoms with E-state index in [0.29, 0.717) is 17.8 Å². The number of aromatic nitrogens is 2. The highest BCUT2D eigenvalue weighted by Gasteiger charge is 2.18. The Morgan fingerprint density at radius 1 is 1.25 bits per heavy atom. The number of likely N-dealkylation sites (tertiary alicyclic amines) is 1. The number of rotatable bonds is 3. The number of piperidine rings is 1. The Morgan fingerprint density at radius 3 is 2.75 bits per heavy atom. The van der Waals surface area contributed by atoms with E-state index >= 15 is 0 Å². The lowest BCUT2D eigenvalue weighted by Gasteiger charge is -2.28. The molecule has 1 aliphatic rings.